The van der Waals surface area contributed by atoms with Crippen LogP contribution < -0.4 is 10.6 Å². The molecule has 108 valence electrons. The summed E-state index contributed by atoms with van der Waals surface area (Å²) in [6.07, 6.45) is 0. The number of carbonyl (C=O) groups excluding carboxylic acids is 2. The zero-order valence-electron chi connectivity index (χ0n) is 11.1. The molecule has 0 heterocycles. The smallest absolute Gasteiger partial charge is 0.256 e. The molecular formula is C15H12BrFN2O2. The van der Waals surface area contributed by atoms with Crippen LogP contribution in [0.4, 0.5) is 10.1 Å². The zero-order valence-corrected chi connectivity index (χ0v) is 12.7. The highest BCUT2D eigenvalue weighted by molar-refractivity contribution is 9.10. The Morgan fingerprint density at radius 2 is 1.71 bits per heavy atom. The van der Waals surface area contributed by atoms with E-state index in [0.717, 1.165) is 0 Å². The molecule has 0 unspecified atom stereocenters. The summed E-state index contributed by atoms with van der Waals surface area (Å²) in [4.78, 5) is 23.5. The number of benzene rings is 2. The van der Waals surface area contributed by atoms with Gasteiger partial charge in [0, 0.05) is 22.8 Å². The third kappa shape index (κ3) is 3.66. The molecule has 21 heavy (non-hydrogen) atoms. The van der Waals surface area contributed by atoms with Crippen molar-refractivity contribution in [3.63, 3.8) is 0 Å². The van der Waals surface area contributed by atoms with Crippen LogP contribution >= 0.6 is 15.9 Å². The molecule has 0 aromatic heterocycles. The van der Waals surface area contributed by atoms with Gasteiger partial charge in [0.25, 0.3) is 11.8 Å². The van der Waals surface area contributed by atoms with Crippen LogP contribution in [0.3, 0.4) is 0 Å². The third-order valence-corrected chi connectivity index (χ3v) is 3.46. The summed E-state index contributed by atoms with van der Waals surface area (Å²) in [5.41, 5.74) is 1.37. The van der Waals surface area contributed by atoms with Crippen LogP contribution in [0.25, 0.3) is 0 Å². The molecule has 0 saturated carbocycles. The highest BCUT2D eigenvalue weighted by Crippen LogP contribution is 2.19. The van der Waals surface area contributed by atoms with Gasteiger partial charge in [0.1, 0.15) is 5.82 Å². The lowest BCUT2D eigenvalue weighted by atomic mass is 10.1. The van der Waals surface area contributed by atoms with Crippen molar-refractivity contribution in [3.8, 4) is 0 Å². The lowest BCUT2D eigenvalue weighted by Gasteiger charge is -2.08. The highest BCUT2D eigenvalue weighted by atomic mass is 79.9. The molecule has 2 aromatic rings. The SMILES string of the molecule is CNC(=O)c1ccc(NC(=O)c2ccc(F)cc2Br)cc1. The van der Waals surface area contributed by atoms with Gasteiger partial charge in [-0.15, -0.1) is 0 Å². The first-order valence-corrected chi connectivity index (χ1v) is 6.89. The van der Waals surface area contributed by atoms with Gasteiger partial charge >= 0.3 is 0 Å². The van der Waals surface area contributed by atoms with E-state index < -0.39 is 5.82 Å². The summed E-state index contributed by atoms with van der Waals surface area (Å²) in [6.45, 7) is 0. The van der Waals surface area contributed by atoms with Crippen LogP contribution in [-0.2, 0) is 0 Å². The topological polar surface area (TPSA) is 58.2 Å². The van der Waals surface area contributed by atoms with Crippen LogP contribution in [0.1, 0.15) is 20.7 Å². The molecule has 4 nitrogen and oxygen atoms in total. The molecule has 0 aliphatic rings. The summed E-state index contributed by atoms with van der Waals surface area (Å²) >= 11 is 3.15. The van der Waals surface area contributed by atoms with Gasteiger partial charge in [-0.1, -0.05) is 0 Å². The predicted octanol–water partition coefficient (Wildman–Crippen LogP) is 3.20. The van der Waals surface area contributed by atoms with Crippen molar-refractivity contribution in [1.82, 2.24) is 5.32 Å². The van der Waals surface area contributed by atoms with Crippen molar-refractivity contribution in [2.75, 3.05) is 12.4 Å². The van der Waals surface area contributed by atoms with Gasteiger partial charge in [0.05, 0.1) is 5.56 Å². The molecule has 0 fully saturated rings. The van der Waals surface area contributed by atoms with Gasteiger partial charge in [-0.3, -0.25) is 9.59 Å². The molecule has 0 atom stereocenters. The van der Waals surface area contributed by atoms with Crippen LogP contribution in [0.5, 0.6) is 0 Å². The Labute approximate surface area is 129 Å². The molecule has 0 aliphatic carbocycles. The van der Waals surface area contributed by atoms with Gasteiger partial charge in [0.15, 0.2) is 0 Å². The fourth-order valence-corrected chi connectivity index (χ4v) is 2.25. The lowest BCUT2D eigenvalue weighted by Crippen LogP contribution is -2.18. The number of anilines is 1. The minimum absolute atomic E-state index is 0.200. The second kappa shape index (κ2) is 6.49. The largest absolute Gasteiger partial charge is 0.355 e. The first-order chi connectivity index (χ1) is 10.0. The van der Waals surface area contributed by atoms with Gasteiger partial charge in [0.2, 0.25) is 0 Å². The van der Waals surface area contributed by atoms with E-state index in [0.29, 0.717) is 21.3 Å². The number of hydrogen-bond donors (Lipinski definition) is 2. The van der Waals surface area contributed by atoms with Crippen molar-refractivity contribution in [3.05, 3.63) is 63.9 Å². The number of amides is 2. The van der Waals surface area contributed by atoms with E-state index in [9.17, 15) is 14.0 Å². The molecule has 6 heteroatoms. The molecule has 0 bridgehead atoms. The molecule has 0 radical (unpaired) electrons. The summed E-state index contributed by atoms with van der Waals surface area (Å²) in [7, 11) is 1.55. The maximum absolute atomic E-state index is 13.0. The monoisotopic (exact) mass is 350 g/mol. The summed E-state index contributed by atoms with van der Waals surface area (Å²) in [5, 5.41) is 5.19. The third-order valence-electron chi connectivity index (χ3n) is 2.81. The molecule has 0 saturated heterocycles. The first kappa shape index (κ1) is 15.2. The Morgan fingerprint density at radius 3 is 2.29 bits per heavy atom. The Kier molecular flexibility index (Phi) is 4.70. The fourth-order valence-electron chi connectivity index (χ4n) is 1.72. The maximum atomic E-state index is 13.0. The van der Waals surface area contributed by atoms with Gasteiger partial charge in [-0.2, -0.15) is 0 Å². The van der Waals surface area contributed by atoms with Crippen molar-refractivity contribution < 1.29 is 14.0 Å². The summed E-state index contributed by atoms with van der Waals surface area (Å²) in [5.74, 6) is -0.989. The van der Waals surface area contributed by atoms with Crippen LogP contribution in [0.2, 0.25) is 0 Å². The molecule has 2 N–H and O–H groups in total. The Bertz CT molecular complexity index is 687. The van der Waals surface area contributed by atoms with Crippen LogP contribution in [0, 0.1) is 5.82 Å². The summed E-state index contributed by atoms with van der Waals surface area (Å²) < 4.78 is 13.4. The standard InChI is InChI=1S/C15H12BrFN2O2/c1-18-14(20)9-2-5-11(6-3-9)19-15(21)12-7-4-10(17)8-13(12)16/h2-8H,1H3,(H,18,20)(H,19,21). The van der Waals surface area contributed by atoms with Crippen molar-refractivity contribution >= 4 is 33.4 Å². The van der Waals surface area contributed by atoms with E-state index in [4.69, 9.17) is 0 Å². The second-order valence-electron chi connectivity index (χ2n) is 4.23. The summed E-state index contributed by atoms with van der Waals surface area (Å²) in [6, 6.07) is 10.3. The van der Waals surface area contributed by atoms with Gasteiger partial charge < -0.3 is 10.6 Å². The van der Waals surface area contributed by atoms with Crippen LogP contribution in [-0.4, -0.2) is 18.9 Å². The normalized spacial score (nSPS) is 10.0. The van der Waals surface area contributed by atoms with E-state index in [1.807, 2.05) is 0 Å². The minimum Gasteiger partial charge on any atom is -0.355 e. The van der Waals surface area contributed by atoms with E-state index in [1.165, 1.54) is 18.2 Å². The zero-order chi connectivity index (χ0) is 15.4. The van der Waals surface area contributed by atoms with E-state index in [1.54, 1.807) is 31.3 Å². The number of hydrogen-bond acceptors (Lipinski definition) is 2. The number of nitrogens with one attached hydrogen (secondary N) is 2. The lowest BCUT2D eigenvalue weighted by molar-refractivity contribution is 0.0962. The van der Waals surface area contributed by atoms with Gasteiger partial charge in [-0.05, 0) is 58.4 Å². The maximum Gasteiger partial charge on any atom is 0.256 e. The molecule has 0 spiro atoms. The van der Waals surface area contributed by atoms with Crippen molar-refractivity contribution in [2.24, 2.45) is 0 Å². The van der Waals surface area contributed by atoms with Gasteiger partial charge in [-0.25, -0.2) is 4.39 Å². The van der Waals surface area contributed by atoms with Crippen molar-refractivity contribution in [1.29, 1.82) is 0 Å². The first-order valence-electron chi connectivity index (χ1n) is 6.10. The highest BCUT2D eigenvalue weighted by Gasteiger charge is 2.11. The van der Waals surface area contributed by atoms with E-state index in [-0.39, 0.29) is 11.8 Å². The number of halogens is 2. The molecule has 2 amide bonds. The fraction of sp³-hybridized carbons (Fsp3) is 0.0667. The molecule has 2 rings (SSSR count). The van der Waals surface area contributed by atoms with E-state index >= 15 is 0 Å². The average molecular weight is 351 g/mol. The predicted molar refractivity (Wildman–Crippen MR) is 81.9 cm³/mol. The number of carbonyl (C=O) groups is 2. The Balaban J connectivity index is 2.14. The number of rotatable bonds is 3. The average Bonchev–Trinajstić information content (AvgIpc) is 2.47. The minimum atomic E-state index is -0.423. The molecular weight excluding hydrogens is 339 g/mol. The quantitative estimate of drug-likeness (QED) is 0.892. The van der Waals surface area contributed by atoms with E-state index in [2.05, 4.69) is 26.6 Å². The molecule has 0 aliphatic heterocycles. The van der Waals surface area contributed by atoms with Crippen molar-refractivity contribution in [2.45, 2.75) is 0 Å². The second-order valence-corrected chi connectivity index (χ2v) is 5.09. The Morgan fingerprint density at radius 1 is 1.05 bits per heavy atom. The Hall–Kier alpha value is -2.21. The van der Waals surface area contributed by atoms with Crippen LogP contribution in [0.15, 0.2) is 46.9 Å². The molecule has 2 aromatic carbocycles.